The highest BCUT2D eigenvalue weighted by molar-refractivity contribution is 5.86. The first-order valence-corrected chi connectivity index (χ1v) is 5.35. The van der Waals surface area contributed by atoms with Gasteiger partial charge in [0.25, 0.3) is 0 Å². The number of nitrogens with zero attached hydrogens (tertiary/aromatic N) is 1. The van der Waals surface area contributed by atoms with E-state index >= 15 is 0 Å². The molecule has 2 N–H and O–H groups in total. The summed E-state index contributed by atoms with van der Waals surface area (Å²) in [7, 11) is 1.85. The number of carbonyl (C=O) groups is 2. The first-order valence-electron chi connectivity index (χ1n) is 5.35. The van der Waals surface area contributed by atoms with Gasteiger partial charge in [-0.1, -0.05) is 0 Å². The van der Waals surface area contributed by atoms with Gasteiger partial charge in [-0.15, -0.1) is 12.4 Å². The molecule has 0 radical (unpaired) electrons. The molecule has 1 heterocycles. The van der Waals surface area contributed by atoms with Crippen molar-refractivity contribution in [1.82, 2.24) is 15.5 Å². The van der Waals surface area contributed by atoms with Crippen LogP contribution in [0.3, 0.4) is 0 Å². The average molecular weight is 250 g/mol. The lowest BCUT2D eigenvalue weighted by molar-refractivity contribution is -0.133. The van der Waals surface area contributed by atoms with Gasteiger partial charge in [-0.3, -0.25) is 9.59 Å². The Morgan fingerprint density at radius 1 is 1.56 bits per heavy atom. The topological polar surface area (TPSA) is 61.4 Å². The van der Waals surface area contributed by atoms with Crippen LogP contribution < -0.4 is 10.6 Å². The van der Waals surface area contributed by atoms with Crippen LogP contribution >= 0.6 is 12.4 Å². The number of likely N-dealkylation sites (tertiary alicyclic amines) is 1. The predicted octanol–water partition coefficient (Wildman–Crippen LogP) is -0.245. The van der Waals surface area contributed by atoms with Crippen molar-refractivity contribution in [2.45, 2.75) is 25.8 Å². The monoisotopic (exact) mass is 249 g/mol. The first kappa shape index (κ1) is 15.2. The number of hydrogen-bond donors (Lipinski definition) is 2. The molecule has 16 heavy (non-hydrogen) atoms. The lowest BCUT2D eigenvalue weighted by Gasteiger charge is -2.16. The van der Waals surface area contributed by atoms with Crippen molar-refractivity contribution < 1.29 is 9.59 Å². The van der Waals surface area contributed by atoms with Crippen LogP contribution in [0.25, 0.3) is 0 Å². The minimum atomic E-state index is -0.0765. The van der Waals surface area contributed by atoms with Crippen molar-refractivity contribution >= 4 is 24.2 Å². The van der Waals surface area contributed by atoms with Gasteiger partial charge >= 0.3 is 0 Å². The lowest BCUT2D eigenvalue weighted by atomic mass is 10.3. The van der Waals surface area contributed by atoms with Crippen LogP contribution in [0.4, 0.5) is 0 Å². The van der Waals surface area contributed by atoms with E-state index in [1.165, 1.54) is 0 Å². The summed E-state index contributed by atoms with van der Waals surface area (Å²) in [5, 5.41) is 5.81. The zero-order valence-corrected chi connectivity index (χ0v) is 10.6. The van der Waals surface area contributed by atoms with Gasteiger partial charge in [-0.2, -0.15) is 0 Å². The maximum atomic E-state index is 11.4. The van der Waals surface area contributed by atoms with E-state index in [1.54, 1.807) is 4.90 Å². The molecular weight excluding hydrogens is 230 g/mol. The van der Waals surface area contributed by atoms with Crippen molar-refractivity contribution in [3.8, 4) is 0 Å². The molecule has 94 valence electrons. The molecule has 0 aromatic heterocycles. The van der Waals surface area contributed by atoms with Crippen LogP contribution in [-0.4, -0.2) is 49.4 Å². The van der Waals surface area contributed by atoms with E-state index in [9.17, 15) is 9.59 Å². The average Bonchev–Trinajstić information content (AvgIpc) is 2.61. The number of likely N-dealkylation sites (N-methyl/N-ethyl adjacent to an activating group) is 1. The van der Waals surface area contributed by atoms with Gasteiger partial charge in [-0.25, -0.2) is 0 Å². The zero-order chi connectivity index (χ0) is 11.3. The van der Waals surface area contributed by atoms with Crippen LogP contribution in [-0.2, 0) is 9.59 Å². The highest BCUT2D eigenvalue weighted by Gasteiger charge is 2.22. The van der Waals surface area contributed by atoms with Gasteiger partial charge in [0.2, 0.25) is 11.8 Å². The summed E-state index contributed by atoms with van der Waals surface area (Å²) >= 11 is 0. The van der Waals surface area contributed by atoms with Gasteiger partial charge < -0.3 is 15.5 Å². The van der Waals surface area contributed by atoms with Gasteiger partial charge in [0, 0.05) is 25.6 Å². The molecule has 1 atom stereocenters. The molecule has 0 saturated carbocycles. The van der Waals surface area contributed by atoms with Crippen LogP contribution in [0.5, 0.6) is 0 Å². The second-order valence-electron chi connectivity index (χ2n) is 3.91. The fourth-order valence-corrected chi connectivity index (χ4v) is 1.47. The largest absolute Gasteiger partial charge is 0.353 e. The van der Waals surface area contributed by atoms with Gasteiger partial charge in [0.15, 0.2) is 0 Å². The normalized spacial score (nSPS) is 16.9. The first-order chi connectivity index (χ1) is 7.13. The van der Waals surface area contributed by atoms with Crippen molar-refractivity contribution in [3.63, 3.8) is 0 Å². The van der Waals surface area contributed by atoms with Crippen LogP contribution in [0.2, 0.25) is 0 Å². The number of rotatable bonds is 5. The van der Waals surface area contributed by atoms with E-state index in [0.717, 1.165) is 6.42 Å². The number of nitrogens with one attached hydrogen (secondary N) is 2. The maximum Gasteiger partial charge on any atom is 0.239 e. The quantitative estimate of drug-likeness (QED) is 0.707. The molecule has 5 nitrogen and oxygen atoms in total. The lowest BCUT2D eigenvalue weighted by Crippen LogP contribution is -2.42. The zero-order valence-electron chi connectivity index (χ0n) is 9.78. The Labute approximate surface area is 102 Å². The van der Waals surface area contributed by atoms with Gasteiger partial charge in [0.05, 0.1) is 6.54 Å². The molecule has 1 unspecified atom stereocenters. The Bertz CT molecular complexity index is 248. The van der Waals surface area contributed by atoms with Gasteiger partial charge in [-0.05, 0) is 20.4 Å². The molecule has 6 heteroatoms. The standard InChI is InChI=1S/C10H19N3O2.ClH/c1-8(11-2)6-12-9(14)7-13-5-3-4-10(13)15;/h8,11H,3-7H2,1-2H3,(H,12,14);1H. The minimum absolute atomic E-state index is 0. The molecular formula is C10H20ClN3O2. The molecule has 0 aromatic rings. The minimum Gasteiger partial charge on any atom is -0.353 e. The van der Waals surface area contributed by atoms with Crippen molar-refractivity contribution in [3.05, 3.63) is 0 Å². The molecule has 1 aliphatic heterocycles. The van der Waals surface area contributed by atoms with Crippen LogP contribution in [0, 0.1) is 0 Å². The van der Waals surface area contributed by atoms with Crippen molar-refractivity contribution in [1.29, 1.82) is 0 Å². The second-order valence-corrected chi connectivity index (χ2v) is 3.91. The van der Waals surface area contributed by atoms with Crippen LogP contribution in [0.15, 0.2) is 0 Å². The third-order valence-corrected chi connectivity index (χ3v) is 2.60. The molecule has 1 saturated heterocycles. The third kappa shape index (κ3) is 4.81. The summed E-state index contributed by atoms with van der Waals surface area (Å²) in [4.78, 5) is 24.3. The SMILES string of the molecule is CNC(C)CNC(=O)CN1CCCC1=O.Cl. The van der Waals surface area contributed by atoms with E-state index in [2.05, 4.69) is 10.6 Å². The third-order valence-electron chi connectivity index (χ3n) is 2.60. The molecule has 0 aromatic carbocycles. The highest BCUT2D eigenvalue weighted by Crippen LogP contribution is 2.08. The van der Waals surface area contributed by atoms with E-state index in [0.29, 0.717) is 19.5 Å². The Hall–Kier alpha value is -0.810. The fourth-order valence-electron chi connectivity index (χ4n) is 1.47. The highest BCUT2D eigenvalue weighted by atomic mass is 35.5. The van der Waals surface area contributed by atoms with E-state index < -0.39 is 0 Å². The van der Waals surface area contributed by atoms with Crippen molar-refractivity contribution in [2.75, 3.05) is 26.7 Å². The predicted molar refractivity (Wildman–Crippen MR) is 64.6 cm³/mol. The Morgan fingerprint density at radius 3 is 2.75 bits per heavy atom. The Morgan fingerprint density at radius 2 is 2.25 bits per heavy atom. The number of hydrogen-bond acceptors (Lipinski definition) is 3. The number of amides is 2. The van der Waals surface area contributed by atoms with Crippen molar-refractivity contribution in [2.24, 2.45) is 0 Å². The number of halogens is 1. The fraction of sp³-hybridized carbons (Fsp3) is 0.800. The molecule has 1 rings (SSSR count). The number of carbonyl (C=O) groups excluding carboxylic acids is 2. The summed E-state index contributed by atoms with van der Waals surface area (Å²) in [6.45, 7) is 3.50. The second kappa shape index (κ2) is 7.46. The summed E-state index contributed by atoms with van der Waals surface area (Å²) in [6.07, 6.45) is 1.46. The Kier molecular flexibility index (Phi) is 7.08. The molecule has 0 bridgehead atoms. The molecule has 2 amide bonds. The Balaban J connectivity index is 0.00000225. The molecule has 1 fully saturated rings. The summed E-state index contributed by atoms with van der Waals surface area (Å²) < 4.78 is 0. The van der Waals surface area contributed by atoms with Gasteiger partial charge in [0.1, 0.15) is 0 Å². The summed E-state index contributed by atoms with van der Waals surface area (Å²) in [5.74, 6) is 0.0131. The molecule has 0 aliphatic carbocycles. The van der Waals surface area contributed by atoms with E-state index in [1.807, 2.05) is 14.0 Å². The van der Waals surface area contributed by atoms with Crippen LogP contribution in [0.1, 0.15) is 19.8 Å². The molecule has 0 spiro atoms. The summed E-state index contributed by atoms with van der Waals surface area (Å²) in [5.41, 5.74) is 0. The van der Waals surface area contributed by atoms with E-state index in [-0.39, 0.29) is 36.8 Å². The smallest absolute Gasteiger partial charge is 0.239 e. The molecule has 1 aliphatic rings. The van der Waals surface area contributed by atoms with E-state index in [4.69, 9.17) is 0 Å². The summed E-state index contributed by atoms with van der Waals surface area (Å²) in [6, 6.07) is 0.253. The maximum absolute atomic E-state index is 11.4.